The summed E-state index contributed by atoms with van der Waals surface area (Å²) in [5.74, 6) is 0.173. The Morgan fingerprint density at radius 1 is 0.889 bits per heavy atom. The molecule has 1 aliphatic rings. The predicted molar refractivity (Wildman–Crippen MR) is 136 cm³/mol. The summed E-state index contributed by atoms with van der Waals surface area (Å²) >= 11 is 0. The fourth-order valence-electron chi connectivity index (χ4n) is 4.38. The summed E-state index contributed by atoms with van der Waals surface area (Å²) in [6.07, 6.45) is 0. The minimum absolute atomic E-state index is 0.0210. The molecule has 1 N–H and O–H groups in total. The lowest BCUT2D eigenvalue weighted by molar-refractivity contribution is -0.140. The van der Waals surface area contributed by atoms with Crippen LogP contribution < -0.4 is 14.2 Å². The van der Waals surface area contributed by atoms with Crippen LogP contribution in [0.15, 0.2) is 78.4 Å². The van der Waals surface area contributed by atoms with E-state index in [0.29, 0.717) is 41.6 Å². The maximum atomic E-state index is 13.3. The van der Waals surface area contributed by atoms with E-state index in [2.05, 4.69) is 0 Å². The van der Waals surface area contributed by atoms with E-state index in [0.717, 1.165) is 5.56 Å². The number of methoxy groups -OCH3 is 1. The number of ether oxygens (including phenoxy) is 3. The van der Waals surface area contributed by atoms with Gasteiger partial charge in [-0.3, -0.25) is 9.59 Å². The van der Waals surface area contributed by atoms with E-state index in [9.17, 15) is 14.7 Å². The van der Waals surface area contributed by atoms with Crippen LogP contribution in [0.1, 0.15) is 36.6 Å². The second kappa shape index (κ2) is 11.0. The lowest BCUT2D eigenvalue weighted by atomic mass is 9.95. The fourth-order valence-corrected chi connectivity index (χ4v) is 4.38. The second-order valence-corrected chi connectivity index (χ2v) is 8.20. The topological polar surface area (TPSA) is 85.3 Å². The van der Waals surface area contributed by atoms with Gasteiger partial charge < -0.3 is 24.2 Å². The zero-order chi connectivity index (χ0) is 25.7. The van der Waals surface area contributed by atoms with Gasteiger partial charge in [0.25, 0.3) is 11.7 Å². The number of nitrogens with zero attached hydrogens (tertiary/aromatic N) is 1. The number of rotatable bonds is 9. The summed E-state index contributed by atoms with van der Waals surface area (Å²) in [6, 6.07) is 20.5. The zero-order valence-electron chi connectivity index (χ0n) is 20.6. The number of likely N-dealkylation sites (tertiary alicyclic amines) is 1. The van der Waals surface area contributed by atoms with E-state index in [1.807, 2.05) is 44.2 Å². The standard InChI is InChI=1S/C29H29NO6/c1-4-35-22-15-13-19(14-16-22)27(31)25-26(20-10-8-11-23(17-20)36-5-2)30(29(33)28(25)32)18-21-9-6-7-12-24(21)34-3/h6-17,26,31H,4-5,18H2,1-3H3/b27-25-. The van der Waals surface area contributed by atoms with Crippen molar-refractivity contribution in [2.45, 2.75) is 26.4 Å². The Labute approximate surface area is 210 Å². The normalized spacial score (nSPS) is 16.8. The first-order valence-electron chi connectivity index (χ1n) is 11.8. The number of Topliss-reactive ketones (excluding diaryl/α,β-unsaturated/α-hetero) is 1. The molecule has 0 bridgehead atoms. The van der Waals surface area contributed by atoms with E-state index >= 15 is 0 Å². The number of hydrogen-bond donors (Lipinski definition) is 1. The molecule has 3 aromatic rings. The quantitative estimate of drug-likeness (QED) is 0.256. The van der Waals surface area contributed by atoms with Crippen LogP contribution in [0.5, 0.6) is 17.2 Å². The van der Waals surface area contributed by atoms with Crippen molar-refractivity contribution in [2.75, 3.05) is 20.3 Å². The van der Waals surface area contributed by atoms with Gasteiger partial charge in [0.1, 0.15) is 23.0 Å². The Bertz CT molecular complexity index is 1280. The van der Waals surface area contributed by atoms with Crippen molar-refractivity contribution in [3.8, 4) is 17.2 Å². The minimum Gasteiger partial charge on any atom is -0.507 e. The van der Waals surface area contributed by atoms with Gasteiger partial charge in [0.2, 0.25) is 0 Å². The van der Waals surface area contributed by atoms with Crippen molar-refractivity contribution < 1.29 is 28.9 Å². The second-order valence-electron chi connectivity index (χ2n) is 8.20. The van der Waals surface area contributed by atoms with E-state index in [1.54, 1.807) is 49.6 Å². The van der Waals surface area contributed by atoms with E-state index in [1.165, 1.54) is 4.90 Å². The van der Waals surface area contributed by atoms with Gasteiger partial charge in [0, 0.05) is 11.1 Å². The Morgan fingerprint density at radius 2 is 1.58 bits per heavy atom. The van der Waals surface area contributed by atoms with Gasteiger partial charge in [0.15, 0.2) is 0 Å². The molecule has 36 heavy (non-hydrogen) atoms. The number of aliphatic hydroxyl groups excluding tert-OH is 1. The van der Waals surface area contributed by atoms with E-state index in [4.69, 9.17) is 14.2 Å². The average Bonchev–Trinajstić information content (AvgIpc) is 3.14. The van der Waals surface area contributed by atoms with Crippen molar-refractivity contribution in [2.24, 2.45) is 0 Å². The van der Waals surface area contributed by atoms with E-state index in [-0.39, 0.29) is 17.9 Å². The molecule has 3 aromatic carbocycles. The minimum atomic E-state index is -0.818. The molecule has 1 heterocycles. The third kappa shape index (κ3) is 4.91. The number of aliphatic hydroxyl groups is 1. The third-order valence-corrected chi connectivity index (χ3v) is 6.00. The van der Waals surface area contributed by atoms with Crippen LogP contribution in [0, 0.1) is 0 Å². The van der Waals surface area contributed by atoms with Crippen LogP contribution in [0.2, 0.25) is 0 Å². The molecule has 0 spiro atoms. The summed E-state index contributed by atoms with van der Waals surface area (Å²) in [7, 11) is 1.56. The van der Waals surface area contributed by atoms with Crippen LogP contribution in [-0.2, 0) is 16.1 Å². The molecular weight excluding hydrogens is 458 g/mol. The molecular formula is C29H29NO6. The first kappa shape index (κ1) is 24.9. The number of hydrogen-bond acceptors (Lipinski definition) is 6. The Kier molecular flexibility index (Phi) is 7.59. The van der Waals surface area contributed by atoms with Crippen molar-refractivity contribution >= 4 is 17.4 Å². The monoisotopic (exact) mass is 487 g/mol. The van der Waals surface area contributed by atoms with Crippen LogP contribution in [0.3, 0.4) is 0 Å². The molecule has 186 valence electrons. The Morgan fingerprint density at radius 3 is 2.28 bits per heavy atom. The van der Waals surface area contributed by atoms with Crippen LogP contribution >= 0.6 is 0 Å². The third-order valence-electron chi connectivity index (χ3n) is 6.00. The van der Waals surface area contributed by atoms with Crippen molar-refractivity contribution in [1.82, 2.24) is 4.90 Å². The lowest BCUT2D eigenvalue weighted by Crippen LogP contribution is -2.29. The largest absolute Gasteiger partial charge is 0.507 e. The van der Waals surface area contributed by atoms with Gasteiger partial charge in [-0.25, -0.2) is 0 Å². The number of carbonyl (C=O) groups excluding carboxylic acids is 2. The summed E-state index contributed by atoms with van der Waals surface area (Å²) in [5, 5.41) is 11.3. The molecule has 1 aliphatic heterocycles. The fraction of sp³-hybridized carbons (Fsp3) is 0.241. The number of ketones is 1. The molecule has 7 heteroatoms. The van der Waals surface area contributed by atoms with Gasteiger partial charge in [-0.15, -0.1) is 0 Å². The van der Waals surface area contributed by atoms with Crippen LogP contribution in [0.4, 0.5) is 0 Å². The molecule has 1 atom stereocenters. The number of para-hydroxylation sites is 1. The zero-order valence-corrected chi connectivity index (χ0v) is 20.6. The van der Waals surface area contributed by atoms with Crippen LogP contribution in [-0.4, -0.2) is 42.0 Å². The van der Waals surface area contributed by atoms with Gasteiger partial charge in [0.05, 0.1) is 38.5 Å². The molecule has 1 fully saturated rings. The summed E-state index contributed by atoms with van der Waals surface area (Å²) in [5.41, 5.74) is 1.84. The average molecular weight is 488 g/mol. The highest BCUT2D eigenvalue weighted by molar-refractivity contribution is 6.46. The van der Waals surface area contributed by atoms with Crippen LogP contribution in [0.25, 0.3) is 5.76 Å². The van der Waals surface area contributed by atoms with Gasteiger partial charge in [-0.05, 0) is 61.9 Å². The highest BCUT2D eigenvalue weighted by Gasteiger charge is 2.46. The number of amides is 1. The summed E-state index contributed by atoms with van der Waals surface area (Å²) in [4.78, 5) is 28.1. The Balaban J connectivity index is 1.84. The molecule has 4 rings (SSSR count). The van der Waals surface area contributed by atoms with Gasteiger partial charge in [-0.1, -0.05) is 30.3 Å². The van der Waals surface area contributed by atoms with Crippen molar-refractivity contribution in [3.63, 3.8) is 0 Å². The summed E-state index contributed by atoms with van der Waals surface area (Å²) in [6.45, 7) is 4.87. The SMILES string of the molecule is CCOc1ccc(/C(O)=C2/C(=O)C(=O)N(Cc3ccccc3OC)C2c2cccc(OCC)c2)cc1. The van der Waals surface area contributed by atoms with Crippen molar-refractivity contribution in [3.05, 3.63) is 95.1 Å². The number of carbonyl (C=O) groups is 2. The molecule has 0 aliphatic carbocycles. The molecule has 1 saturated heterocycles. The highest BCUT2D eigenvalue weighted by Crippen LogP contribution is 2.41. The molecule has 0 saturated carbocycles. The maximum Gasteiger partial charge on any atom is 0.295 e. The molecule has 1 amide bonds. The molecule has 0 radical (unpaired) electrons. The molecule has 1 unspecified atom stereocenters. The van der Waals surface area contributed by atoms with Gasteiger partial charge >= 0.3 is 0 Å². The molecule has 0 aromatic heterocycles. The van der Waals surface area contributed by atoms with Gasteiger partial charge in [-0.2, -0.15) is 0 Å². The smallest absolute Gasteiger partial charge is 0.295 e. The summed E-state index contributed by atoms with van der Waals surface area (Å²) < 4.78 is 16.6. The maximum absolute atomic E-state index is 13.3. The lowest BCUT2D eigenvalue weighted by Gasteiger charge is -2.26. The Hall–Kier alpha value is -4.26. The van der Waals surface area contributed by atoms with E-state index < -0.39 is 17.7 Å². The molecule has 7 nitrogen and oxygen atoms in total. The highest BCUT2D eigenvalue weighted by atomic mass is 16.5. The number of benzene rings is 3. The first-order valence-corrected chi connectivity index (χ1v) is 11.8. The van der Waals surface area contributed by atoms with Crippen molar-refractivity contribution in [1.29, 1.82) is 0 Å². The predicted octanol–water partition coefficient (Wildman–Crippen LogP) is 5.11. The first-order chi connectivity index (χ1) is 17.5.